The van der Waals surface area contributed by atoms with Crippen LogP contribution in [0.1, 0.15) is 25.0 Å². The molecule has 2 amide bonds. The van der Waals surface area contributed by atoms with Crippen LogP contribution < -0.4 is 20.1 Å². The number of ether oxygens (including phenoxy) is 2. The molecule has 0 fully saturated rings. The van der Waals surface area contributed by atoms with E-state index in [-0.39, 0.29) is 36.1 Å². The Hall–Kier alpha value is -3.04. The molecule has 10 nitrogen and oxygen atoms in total. The van der Waals surface area contributed by atoms with Crippen molar-refractivity contribution in [3.8, 4) is 11.5 Å². The van der Waals surface area contributed by atoms with Gasteiger partial charge in [-0.25, -0.2) is 0 Å². The molecular formula is C26H34N4O6Se2. The van der Waals surface area contributed by atoms with E-state index in [1.165, 1.54) is 0 Å². The Labute approximate surface area is 234 Å². The zero-order valence-electron chi connectivity index (χ0n) is 21.5. The third kappa shape index (κ3) is 11.6. The Balaban J connectivity index is 1.59. The van der Waals surface area contributed by atoms with Crippen molar-refractivity contribution >= 4 is 49.5 Å². The summed E-state index contributed by atoms with van der Waals surface area (Å²) in [5, 5.41) is 32.1. The van der Waals surface area contributed by atoms with Crippen molar-refractivity contribution in [2.45, 2.75) is 37.3 Å². The fraction of sp³-hybridized carbons (Fsp3) is 0.385. The van der Waals surface area contributed by atoms with Gasteiger partial charge in [-0.2, -0.15) is 0 Å². The summed E-state index contributed by atoms with van der Waals surface area (Å²) < 4.78 is 10.8. The summed E-state index contributed by atoms with van der Waals surface area (Å²) in [4.78, 5) is 24.7. The quantitative estimate of drug-likeness (QED) is 0.0678. The minimum absolute atomic E-state index is 0.0569. The average molecular weight is 657 g/mol. The van der Waals surface area contributed by atoms with E-state index in [0.29, 0.717) is 52.6 Å². The van der Waals surface area contributed by atoms with Crippen LogP contribution in [0.4, 0.5) is 0 Å². The van der Waals surface area contributed by atoms with Crippen LogP contribution >= 0.6 is 0 Å². The second-order valence-electron chi connectivity index (χ2n) is 7.76. The Bertz CT molecular complexity index is 977. The Morgan fingerprint density at radius 3 is 1.39 bits per heavy atom. The van der Waals surface area contributed by atoms with Gasteiger partial charge in [0.15, 0.2) is 0 Å². The van der Waals surface area contributed by atoms with Crippen molar-refractivity contribution in [1.82, 2.24) is 10.6 Å². The molecule has 12 heteroatoms. The molecule has 0 saturated heterocycles. The van der Waals surface area contributed by atoms with Gasteiger partial charge in [0.05, 0.1) is 0 Å². The first kappa shape index (κ1) is 31.2. The number of hydrogen-bond donors (Lipinski definition) is 4. The summed E-state index contributed by atoms with van der Waals surface area (Å²) in [5.74, 6) is 0.719. The summed E-state index contributed by atoms with van der Waals surface area (Å²) in [6.07, 6.45) is 0.447. The van der Waals surface area contributed by atoms with Gasteiger partial charge in [0.25, 0.3) is 0 Å². The minimum atomic E-state index is -0.389. The number of benzene rings is 2. The summed E-state index contributed by atoms with van der Waals surface area (Å²) in [5.41, 5.74) is 1.81. The summed E-state index contributed by atoms with van der Waals surface area (Å²) >= 11 is 0.680. The summed E-state index contributed by atoms with van der Waals surface area (Å²) in [7, 11) is 0. The third-order valence-corrected chi connectivity index (χ3v) is 12.4. The van der Waals surface area contributed by atoms with Crippen LogP contribution in [0, 0.1) is 0 Å². The monoisotopic (exact) mass is 658 g/mol. The van der Waals surface area contributed by atoms with Gasteiger partial charge in [0.1, 0.15) is 0 Å². The number of nitrogens with one attached hydrogen (secondary N) is 2. The van der Waals surface area contributed by atoms with Gasteiger partial charge in [-0.15, -0.1) is 0 Å². The van der Waals surface area contributed by atoms with Crippen LogP contribution in [0.25, 0.3) is 0 Å². The second kappa shape index (κ2) is 18.3. The van der Waals surface area contributed by atoms with Crippen molar-refractivity contribution in [3.05, 3.63) is 59.7 Å². The first-order chi connectivity index (χ1) is 18.5. The molecule has 0 heterocycles. The summed E-state index contributed by atoms with van der Waals surface area (Å²) in [6, 6.07) is 14.6. The molecule has 2 rings (SSSR count). The molecule has 0 radical (unpaired) electrons. The molecule has 2 aromatic rings. The van der Waals surface area contributed by atoms with Crippen LogP contribution in [-0.2, 0) is 22.4 Å². The van der Waals surface area contributed by atoms with Gasteiger partial charge in [0.2, 0.25) is 0 Å². The van der Waals surface area contributed by atoms with Crippen LogP contribution in [0.2, 0.25) is 10.6 Å². The zero-order valence-corrected chi connectivity index (χ0v) is 24.9. The predicted octanol–water partition coefficient (Wildman–Crippen LogP) is 2.32. The number of amides is 2. The first-order valence-corrected chi connectivity index (χ1v) is 18.9. The molecule has 0 spiro atoms. The number of rotatable bonds is 17. The van der Waals surface area contributed by atoms with Crippen molar-refractivity contribution < 1.29 is 29.5 Å². The second-order valence-corrected chi connectivity index (χ2v) is 15.6. The molecule has 0 bridgehead atoms. The van der Waals surface area contributed by atoms with E-state index in [2.05, 4.69) is 20.9 Å². The van der Waals surface area contributed by atoms with Gasteiger partial charge in [-0.1, -0.05) is 0 Å². The van der Waals surface area contributed by atoms with Crippen molar-refractivity contribution in [2.75, 3.05) is 26.3 Å². The van der Waals surface area contributed by atoms with Crippen LogP contribution in [0.5, 0.6) is 11.5 Å². The van der Waals surface area contributed by atoms with E-state index in [1.54, 1.807) is 0 Å². The Morgan fingerprint density at radius 2 is 1.08 bits per heavy atom. The van der Waals surface area contributed by atoms with E-state index in [1.807, 2.05) is 62.4 Å². The molecule has 0 unspecified atom stereocenters. The van der Waals surface area contributed by atoms with Crippen molar-refractivity contribution in [3.63, 3.8) is 0 Å². The SMILES string of the molecule is CCOc1ccc(C/C(=N\O)C(=O)NCC[Se][Se]CCNC(=O)/C(Cc2ccc(OCC)cc2)=N/O)cc1. The number of carbonyl (C=O) groups excluding carboxylic acids is 2. The van der Waals surface area contributed by atoms with Crippen LogP contribution in [0.3, 0.4) is 0 Å². The molecule has 0 aliphatic heterocycles. The predicted molar refractivity (Wildman–Crippen MR) is 148 cm³/mol. The zero-order chi connectivity index (χ0) is 27.6. The average Bonchev–Trinajstić information content (AvgIpc) is 2.93. The van der Waals surface area contributed by atoms with Gasteiger partial charge in [-0.05, 0) is 13.8 Å². The molecule has 0 saturated carbocycles. The van der Waals surface area contributed by atoms with Crippen molar-refractivity contribution in [2.24, 2.45) is 10.3 Å². The maximum absolute atomic E-state index is 12.3. The maximum atomic E-state index is 12.3. The Morgan fingerprint density at radius 1 is 0.711 bits per heavy atom. The van der Waals surface area contributed by atoms with Gasteiger partial charge in [0, 0.05) is 0 Å². The standard InChI is InChI=1S/C26H34N4O6Se2/c1-3-35-21-9-5-19(6-10-21)17-23(29-33)25(31)27-13-15-37-38-16-14-28-26(32)24(30-34)18-20-7-11-22(12-8-20)36-4-2/h5-12,33-34H,3-4,13-18H2,1-2H3,(H,27,31)(H,28,32)/b29-23+,30-24+. The van der Waals surface area contributed by atoms with Crippen LogP contribution in [0.15, 0.2) is 58.8 Å². The normalized spacial score (nSPS) is 11.6. The molecule has 38 heavy (non-hydrogen) atoms. The number of oxime groups is 2. The number of nitrogens with zero attached hydrogens (tertiary/aromatic N) is 2. The molecule has 0 aromatic heterocycles. The van der Waals surface area contributed by atoms with E-state index in [0.717, 1.165) is 33.3 Å². The van der Waals surface area contributed by atoms with E-state index >= 15 is 0 Å². The van der Waals surface area contributed by atoms with E-state index < -0.39 is 0 Å². The molecule has 2 aromatic carbocycles. The van der Waals surface area contributed by atoms with Gasteiger partial charge < -0.3 is 0 Å². The molecule has 0 aliphatic rings. The third-order valence-electron chi connectivity index (χ3n) is 5.00. The van der Waals surface area contributed by atoms with Crippen LogP contribution in [-0.4, -0.2) is 86.2 Å². The Kier molecular flexibility index (Phi) is 15.0. The summed E-state index contributed by atoms with van der Waals surface area (Å²) in [6.45, 7) is 5.97. The topological polar surface area (TPSA) is 142 Å². The number of carbonyl (C=O) groups is 2. The van der Waals surface area contributed by atoms with E-state index in [4.69, 9.17) is 9.47 Å². The van der Waals surface area contributed by atoms with E-state index in [9.17, 15) is 20.0 Å². The molecule has 206 valence electrons. The number of hydrogen-bond acceptors (Lipinski definition) is 8. The van der Waals surface area contributed by atoms with Gasteiger partial charge in [-0.3, -0.25) is 0 Å². The van der Waals surface area contributed by atoms with Crippen molar-refractivity contribution in [1.29, 1.82) is 0 Å². The van der Waals surface area contributed by atoms with Gasteiger partial charge >= 0.3 is 221 Å². The molecular weight excluding hydrogens is 622 g/mol. The molecule has 4 N–H and O–H groups in total. The molecule has 0 aliphatic carbocycles. The molecule has 0 atom stereocenters. The first-order valence-electron chi connectivity index (χ1n) is 12.2. The fourth-order valence-corrected chi connectivity index (χ4v) is 8.84. The fourth-order valence-electron chi connectivity index (χ4n) is 3.18.